The summed E-state index contributed by atoms with van der Waals surface area (Å²) in [5, 5.41) is 2.67. The predicted molar refractivity (Wildman–Crippen MR) is 133 cm³/mol. The Morgan fingerprint density at radius 1 is 1.09 bits per heavy atom. The molecule has 1 spiro atoms. The summed E-state index contributed by atoms with van der Waals surface area (Å²) in [5.41, 5.74) is 5.55. The quantitative estimate of drug-likeness (QED) is 0.735. The molecule has 6 rings (SSSR count). The van der Waals surface area contributed by atoms with Crippen LogP contribution < -0.4 is 15.8 Å². The number of benzene rings is 1. The van der Waals surface area contributed by atoms with E-state index in [0.717, 1.165) is 68.9 Å². The Kier molecular flexibility index (Phi) is 5.32. The van der Waals surface area contributed by atoms with Gasteiger partial charge in [-0.15, -0.1) is 0 Å². The minimum atomic E-state index is -0.0539. The van der Waals surface area contributed by atoms with Gasteiger partial charge in [0.1, 0.15) is 5.82 Å². The number of amides is 1. The number of fused-ring (bicyclic) bond motifs is 1. The predicted octanol–water partition coefficient (Wildman–Crippen LogP) is 2.77. The number of aryl methyl sites for hydroxylation is 1. The molecular weight excluding hydrogens is 426 g/mol. The molecule has 1 aromatic carbocycles. The van der Waals surface area contributed by atoms with Gasteiger partial charge in [-0.25, -0.2) is 4.98 Å². The number of anilines is 1. The summed E-state index contributed by atoms with van der Waals surface area (Å²) < 4.78 is 0. The Morgan fingerprint density at radius 3 is 2.56 bits per heavy atom. The fraction of sp³-hybridized carbons (Fsp3) is 0.519. The largest absolute Gasteiger partial charge is 0.369 e. The number of aromatic nitrogens is 2. The Morgan fingerprint density at radius 2 is 1.85 bits per heavy atom. The Balaban J connectivity index is 1.10. The Bertz CT molecular complexity index is 1190. The fourth-order valence-electron chi connectivity index (χ4n) is 6.00. The average molecular weight is 460 g/mol. The second-order valence-electron chi connectivity index (χ2n) is 10.5. The molecule has 2 N–H and O–H groups in total. The first kappa shape index (κ1) is 21.6. The number of piperazine rings is 1. The van der Waals surface area contributed by atoms with Crippen LogP contribution in [0.25, 0.3) is 5.57 Å². The second-order valence-corrected chi connectivity index (χ2v) is 10.5. The molecular formula is C27H33N5O2. The smallest absolute Gasteiger partial charge is 0.254 e. The molecule has 7 nitrogen and oxygen atoms in total. The van der Waals surface area contributed by atoms with E-state index >= 15 is 0 Å². The highest BCUT2D eigenvalue weighted by molar-refractivity contribution is 5.94. The van der Waals surface area contributed by atoms with Crippen LogP contribution in [0.15, 0.2) is 35.1 Å². The van der Waals surface area contributed by atoms with Gasteiger partial charge in [-0.05, 0) is 80.2 Å². The van der Waals surface area contributed by atoms with Gasteiger partial charge in [-0.1, -0.05) is 6.08 Å². The SMILES string of the molecule is CNC(=O)c1ccc(N2CCN(C3C=C(c4nc5c(c(=O)[nH]4)CC4(CC5)CC4)CC3)CC2)cc1. The molecule has 1 amide bonds. The van der Waals surface area contributed by atoms with Gasteiger partial charge in [0, 0.05) is 56.1 Å². The first-order valence-electron chi connectivity index (χ1n) is 12.7. The van der Waals surface area contributed by atoms with E-state index < -0.39 is 0 Å². The molecule has 2 aromatic rings. The molecule has 7 heteroatoms. The third kappa shape index (κ3) is 3.96. The van der Waals surface area contributed by atoms with Gasteiger partial charge >= 0.3 is 0 Å². The van der Waals surface area contributed by atoms with Gasteiger partial charge in [0.05, 0.1) is 5.69 Å². The van der Waals surface area contributed by atoms with Crippen LogP contribution in [0.1, 0.15) is 59.5 Å². The van der Waals surface area contributed by atoms with Crippen molar-refractivity contribution < 1.29 is 4.79 Å². The standard InChI is InChI=1S/C27H33N5O2/c1-28-25(33)18-2-5-20(6-3-18)31-12-14-32(15-13-31)21-7-4-19(16-21)24-29-23-8-9-27(10-11-27)17-22(23)26(34)30-24/h2-3,5-6,16,21H,4,7-15,17H2,1H3,(H,28,33)(H,29,30,34). The first-order chi connectivity index (χ1) is 16.5. The zero-order valence-electron chi connectivity index (χ0n) is 19.9. The minimum absolute atomic E-state index is 0.0539. The molecule has 2 fully saturated rings. The number of hydrogen-bond acceptors (Lipinski definition) is 5. The molecule has 3 aliphatic carbocycles. The van der Waals surface area contributed by atoms with Crippen LogP contribution in [-0.4, -0.2) is 60.0 Å². The van der Waals surface area contributed by atoms with Gasteiger partial charge in [0.2, 0.25) is 0 Å². The van der Waals surface area contributed by atoms with E-state index in [1.165, 1.54) is 30.5 Å². The van der Waals surface area contributed by atoms with E-state index in [1.807, 2.05) is 24.3 Å². The third-order valence-corrected chi connectivity index (χ3v) is 8.41. The van der Waals surface area contributed by atoms with Crippen molar-refractivity contribution in [2.75, 3.05) is 38.1 Å². The van der Waals surface area contributed by atoms with E-state index in [0.29, 0.717) is 17.0 Å². The summed E-state index contributed by atoms with van der Waals surface area (Å²) in [6, 6.07) is 8.27. The van der Waals surface area contributed by atoms with Crippen LogP contribution in [0, 0.1) is 5.41 Å². The van der Waals surface area contributed by atoms with Crippen molar-refractivity contribution in [3.8, 4) is 0 Å². The minimum Gasteiger partial charge on any atom is -0.369 e. The number of H-pyrrole nitrogens is 1. The summed E-state index contributed by atoms with van der Waals surface area (Å²) in [6.07, 6.45) is 10.0. The average Bonchev–Trinajstić information content (AvgIpc) is 3.43. The highest BCUT2D eigenvalue weighted by Crippen LogP contribution is 2.53. The number of hydrogen-bond donors (Lipinski definition) is 2. The van der Waals surface area contributed by atoms with Crippen LogP contribution in [0.2, 0.25) is 0 Å². The van der Waals surface area contributed by atoms with Crippen molar-refractivity contribution in [2.24, 2.45) is 5.41 Å². The van der Waals surface area contributed by atoms with Crippen molar-refractivity contribution >= 4 is 17.2 Å². The normalized spacial score (nSPS) is 23.5. The highest BCUT2D eigenvalue weighted by atomic mass is 16.1. The van der Waals surface area contributed by atoms with E-state index in [-0.39, 0.29) is 11.5 Å². The number of aromatic amines is 1. The van der Waals surface area contributed by atoms with Crippen molar-refractivity contribution in [1.82, 2.24) is 20.2 Å². The summed E-state index contributed by atoms with van der Waals surface area (Å²) in [6.45, 7) is 3.94. The molecule has 0 radical (unpaired) electrons. The van der Waals surface area contributed by atoms with Crippen molar-refractivity contribution in [3.63, 3.8) is 0 Å². The van der Waals surface area contributed by atoms with Crippen LogP contribution in [-0.2, 0) is 12.8 Å². The van der Waals surface area contributed by atoms with E-state index in [9.17, 15) is 9.59 Å². The molecule has 1 unspecified atom stereocenters. The van der Waals surface area contributed by atoms with Gasteiger partial charge < -0.3 is 15.2 Å². The molecule has 1 saturated carbocycles. The molecule has 34 heavy (non-hydrogen) atoms. The maximum Gasteiger partial charge on any atom is 0.254 e. The zero-order valence-corrected chi connectivity index (χ0v) is 19.9. The van der Waals surface area contributed by atoms with Gasteiger partial charge in [-0.2, -0.15) is 0 Å². The summed E-state index contributed by atoms with van der Waals surface area (Å²) in [4.78, 5) is 37.6. The number of nitrogens with zero attached hydrogens (tertiary/aromatic N) is 3. The fourth-order valence-corrected chi connectivity index (χ4v) is 6.00. The lowest BCUT2D eigenvalue weighted by molar-refractivity contribution is 0.0963. The highest BCUT2D eigenvalue weighted by Gasteiger charge is 2.45. The number of carbonyl (C=O) groups is 1. The molecule has 0 bridgehead atoms. The molecule has 2 heterocycles. The Labute approximate surface area is 200 Å². The number of nitrogens with one attached hydrogen (secondary N) is 2. The van der Waals surface area contributed by atoms with Gasteiger partial charge in [0.25, 0.3) is 11.5 Å². The molecule has 4 aliphatic rings. The van der Waals surface area contributed by atoms with Crippen LogP contribution >= 0.6 is 0 Å². The first-order valence-corrected chi connectivity index (χ1v) is 12.7. The second kappa shape index (κ2) is 8.38. The third-order valence-electron chi connectivity index (χ3n) is 8.41. The molecule has 1 saturated heterocycles. The van der Waals surface area contributed by atoms with Crippen molar-refractivity contribution in [3.05, 3.63) is 63.3 Å². The number of carbonyl (C=O) groups excluding carboxylic acids is 1. The van der Waals surface area contributed by atoms with Gasteiger partial charge in [-0.3, -0.25) is 14.5 Å². The molecule has 178 valence electrons. The van der Waals surface area contributed by atoms with E-state index in [1.54, 1.807) is 7.05 Å². The molecule has 1 atom stereocenters. The van der Waals surface area contributed by atoms with E-state index in [4.69, 9.17) is 4.98 Å². The maximum absolute atomic E-state index is 12.8. The lowest BCUT2D eigenvalue weighted by Crippen LogP contribution is -2.49. The number of rotatable bonds is 4. The molecule has 1 aliphatic heterocycles. The van der Waals surface area contributed by atoms with Gasteiger partial charge in [0.15, 0.2) is 0 Å². The van der Waals surface area contributed by atoms with Crippen molar-refractivity contribution in [1.29, 1.82) is 0 Å². The summed E-state index contributed by atoms with van der Waals surface area (Å²) in [7, 11) is 1.65. The van der Waals surface area contributed by atoms with Crippen LogP contribution in [0.4, 0.5) is 5.69 Å². The Hall–Kier alpha value is -2.93. The monoisotopic (exact) mass is 459 g/mol. The van der Waals surface area contributed by atoms with Crippen LogP contribution in [0.3, 0.4) is 0 Å². The van der Waals surface area contributed by atoms with Crippen LogP contribution in [0.5, 0.6) is 0 Å². The topological polar surface area (TPSA) is 81.3 Å². The zero-order chi connectivity index (χ0) is 23.3. The lowest BCUT2D eigenvalue weighted by Gasteiger charge is -2.38. The number of allylic oxidation sites excluding steroid dienone is 1. The van der Waals surface area contributed by atoms with E-state index in [2.05, 4.69) is 26.2 Å². The van der Waals surface area contributed by atoms with Crippen molar-refractivity contribution in [2.45, 2.75) is 51.0 Å². The summed E-state index contributed by atoms with van der Waals surface area (Å²) in [5.74, 6) is 0.745. The lowest BCUT2D eigenvalue weighted by atomic mass is 9.84. The maximum atomic E-state index is 12.8. The summed E-state index contributed by atoms with van der Waals surface area (Å²) >= 11 is 0. The molecule has 1 aromatic heterocycles.